The van der Waals surface area contributed by atoms with E-state index in [9.17, 15) is 4.79 Å². The highest BCUT2D eigenvalue weighted by molar-refractivity contribution is 5.98. The molecule has 0 radical (unpaired) electrons. The van der Waals surface area contributed by atoms with E-state index in [1.807, 2.05) is 0 Å². The number of nitrogens with one attached hydrogen (secondary N) is 1. The van der Waals surface area contributed by atoms with Crippen molar-refractivity contribution in [3.8, 4) is 0 Å². The van der Waals surface area contributed by atoms with Gasteiger partial charge in [-0.15, -0.1) is 0 Å². The number of carbonyl (C=O) groups is 1. The Balaban J connectivity index is 2.29. The number of nitrogens with zero attached hydrogens (tertiary/aromatic N) is 1. The number of rotatable bonds is 6. The molecule has 5 nitrogen and oxygen atoms in total. The number of ether oxygens (including phenoxy) is 1. The van der Waals surface area contributed by atoms with Crippen molar-refractivity contribution in [2.24, 2.45) is 5.92 Å². The first-order chi connectivity index (χ1) is 8.11. The average molecular weight is 237 g/mol. The first-order valence-corrected chi connectivity index (χ1v) is 5.66. The van der Waals surface area contributed by atoms with Gasteiger partial charge in [-0.1, -0.05) is 13.8 Å². The SMILES string of the molecule is CC(C)COCCNC(=O)c1ccncc1N. The van der Waals surface area contributed by atoms with Crippen molar-refractivity contribution >= 4 is 11.6 Å². The number of nitrogen functional groups attached to an aromatic ring is 1. The summed E-state index contributed by atoms with van der Waals surface area (Å²) < 4.78 is 5.35. The van der Waals surface area contributed by atoms with E-state index in [1.165, 1.54) is 6.20 Å². The van der Waals surface area contributed by atoms with E-state index in [1.54, 1.807) is 12.3 Å². The highest BCUT2D eigenvalue weighted by Gasteiger charge is 2.07. The number of carbonyl (C=O) groups excluding carboxylic acids is 1. The van der Waals surface area contributed by atoms with Gasteiger partial charge in [0, 0.05) is 19.3 Å². The van der Waals surface area contributed by atoms with Gasteiger partial charge in [0.05, 0.1) is 24.1 Å². The van der Waals surface area contributed by atoms with Crippen LogP contribution in [-0.4, -0.2) is 30.6 Å². The largest absolute Gasteiger partial charge is 0.397 e. The molecule has 1 rings (SSSR count). The third-order valence-electron chi connectivity index (χ3n) is 2.08. The molecule has 3 N–H and O–H groups in total. The number of pyridine rings is 1. The molecule has 0 atom stereocenters. The number of nitrogens with two attached hydrogens (primary N) is 1. The van der Waals surface area contributed by atoms with E-state index in [4.69, 9.17) is 10.5 Å². The third-order valence-corrected chi connectivity index (χ3v) is 2.08. The lowest BCUT2D eigenvalue weighted by Crippen LogP contribution is -2.28. The Morgan fingerprint density at radius 2 is 2.35 bits per heavy atom. The molecular weight excluding hydrogens is 218 g/mol. The third kappa shape index (κ3) is 4.82. The van der Waals surface area contributed by atoms with Crippen LogP contribution in [-0.2, 0) is 4.74 Å². The van der Waals surface area contributed by atoms with Crippen LogP contribution in [0, 0.1) is 5.92 Å². The molecule has 0 fully saturated rings. The summed E-state index contributed by atoms with van der Waals surface area (Å²) in [7, 11) is 0. The lowest BCUT2D eigenvalue weighted by molar-refractivity contribution is 0.0887. The maximum atomic E-state index is 11.7. The minimum atomic E-state index is -0.196. The summed E-state index contributed by atoms with van der Waals surface area (Å²) in [6.07, 6.45) is 3.00. The fourth-order valence-corrected chi connectivity index (χ4v) is 1.26. The van der Waals surface area contributed by atoms with E-state index >= 15 is 0 Å². The zero-order valence-corrected chi connectivity index (χ0v) is 10.3. The molecule has 0 aromatic carbocycles. The molecule has 17 heavy (non-hydrogen) atoms. The number of anilines is 1. The molecule has 0 aliphatic heterocycles. The summed E-state index contributed by atoms with van der Waals surface area (Å²) in [5.41, 5.74) is 6.47. The Hall–Kier alpha value is -1.62. The monoisotopic (exact) mass is 237 g/mol. The van der Waals surface area contributed by atoms with Gasteiger partial charge in [0.2, 0.25) is 0 Å². The van der Waals surface area contributed by atoms with Crippen LogP contribution in [0.3, 0.4) is 0 Å². The summed E-state index contributed by atoms with van der Waals surface area (Å²) >= 11 is 0. The van der Waals surface area contributed by atoms with Crippen molar-refractivity contribution in [3.63, 3.8) is 0 Å². The average Bonchev–Trinajstić information content (AvgIpc) is 2.28. The van der Waals surface area contributed by atoms with Crippen LogP contribution in [0.4, 0.5) is 5.69 Å². The van der Waals surface area contributed by atoms with Crippen LogP contribution < -0.4 is 11.1 Å². The van der Waals surface area contributed by atoms with Crippen molar-refractivity contribution in [2.75, 3.05) is 25.5 Å². The minimum absolute atomic E-state index is 0.196. The maximum Gasteiger partial charge on any atom is 0.253 e. The second-order valence-corrected chi connectivity index (χ2v) is 4.19. The first kappa shape index (κ1) is 13.4. The molecule has 0 aliphatic carbocycles. The van der Waals surface area contributed by atoms with Crippen molar-refractivity contribution in [3.05, 3.63) is 24.0 Å². The van der Waals surface area contributed by atoms with Crippen molar-refractivity contribution in [1.29, 1.82) is 0 Å². The second-order valence-electron chi connectivity index (χ2n) is 4.19. The van der Waals surface area contributed by atoms with Crippen LogP contribution in [0.25, 0.3) is 0 Å². The summed E-state index contributed by atoms with van der Waals surface area (Å²) in [6, 6.07) is 1.60. The van der Waals surface area contributed by atoms with Crippen molar-refractivity contribution < 1.29 is 9.53 Å². The van der Waals surface area contributed by atoms with E-state index in [0.717, 1.165) is 0 Å². The van der Waals surface area contributed by atoms with Gasteiger partial charge in [0.1, 0.15) is 0 Å². The normalized spacial score (nSPS) is 10.5. The molecule has 1 amide bonds. The Morgan fingerprint density at radius 3 is 3.00 bits per heavy atom. The molecule has 0 saturated carbocycles. The summed E-state index contributed by atoms with van der Waals surface area (Å²) in [5, 5.41) is 2.74. The summed E-state index contributed by atoms with van der Waals surface area (Å²) in [6.45, 7) is 5.85. The molecule has 5 heteroatoms. The molecular formula is C12H19N3O2. The lowest BCUT2D eigenvalue weighted by Gasteiger charge is -2.08. The molecule has 1 aromatic heterocycles. The Bertz CT molecular complexity index is 367. The summed E-state index contributed by atoms with van der Waals surface area (Å²) in [5.74, 6) is 0.305. The molecule has 0 unspecified atom stereocenters. The molecule has 0 aliphatic rings. The van der Waals surface area contributed by atoms with Crippen LogP contribution in [0.5, 0.6) is 0 Å². The van der Waals surface area contributed by atoms with Gasteiger partial charge in [-0.05, 0) is 12.0 Å². The van der Waals surface area contributed by atoms with Gasteiger partial charge in [0.15, 0.2) is 0 Å². The Labute approximate surface area is 101 Å². The van der Waals surface area contributed by atoms with E-state index in [-0.39, 0.29) is 5.91 Å². The molecule has 1 aromatic rings. The minimum Gasteiger partial charge on any atom is -0.397 e. The lowest BCUT2D eigenvalue weighted by atomic mass is 10.2. The number of hydrogen-bond acceptors (Lipinski definition) is 4. The van der Waals surface area contributed by atoms with Crippen LogP contribution >= 0.6 is 0 Å². The van der Waals surface area contributed by atoms with E-state index in [0.29, 0.717) is 36.9 Å². The second kappa shape index (κ2) is 6.85. The van der Waals surface area contributed by atoms with Gasteiger partial charge in [-0.25, -0.2) is 0 Å². The first-order valence-electron chi connectivity index (χ1n) is 5.66. The number of hydrogen-bond donors (Lipinski definition) is 2. The fourth-order valence-electron chi connectivity index (χ4n) is 1.26. The summed E-state index contributed by atoms with van der Waals surface area (Å²) in [4.78, 5) is 15.5. The predicted molar refractivity (Wildman–Crippen MR) is 66.6 cm³/mol. The number of aromatic nitrogens is 1. The molecule has 0 bridgehead atoms. The highest BCUT2D eigenvalue weighted by Crippen LogP contribution is 2.07. The number of amides is 1. The van der Waals surface area contributed by atoms with Crippen LogP contribution in [0.1, 0.15) is 24.2 Å². The van der Waals surface area contributed by atoms with Gasteiger partial charge in [-0.3, -0.25) is 9.78 Å². The van der Waals surface area contributed by atoms with Gasteiger partial charge in [0.25, 0.3) is 5.91 Å². The van der Waals surface area contributed by atoms with E-state index < -0.39 is 0 Å². The molecule has 94 valence electrons. The van der Waals surface area contributed by atoms with Gasteiger partial charge < -0.3 is 15.8 Å². The molecule has 0 saturated heterocycles. The molecule has 0 spiro atoms. The molecule has 1 heterocycles. The zero-order chi connectivity index (χ0) is 12.7. The van der Waals surface area contributed by atoms with Crippen LogP contribution in [0.2, 0.25) is 0 Å². The van der Waals surface area contributed by atoms with Gasteiger partial charge >= 0.3 is 0 Å². The fraction of sp³-hybridized carbons (Fsp3) is 0.500. The topological polar surface area (TPSA) is 77.2 Å². The maximum absolute atomic E-state index is 11.7. The highest BCUT2D eigenvalue weighted by atomic mass is 16.5. The Morgan fingerprint density at radius 1 is 1.59 bits per heavy atom. The van der Waals surface area contributed by atoms with Crippen LogP contribution in [0.15, 0.2) is 18.5 Å². The standard InChI is InChI=1S/C12H19N3O2/c1-9(2)8-17-6-5-15-12(16)10-3-4-14-7-11(10)13/h3-4,7,9H,5-6,8,13H2,1-2H3,(H,15,16). The predicted octanol–water partition coefficient (Wildman–Crippen LogP) is 1.07. The zero-order valence-electron chi connectivity index (χ0n) is 10.3. The Kier molecular flexibility index (Phi) is 5.42. The van der Waals surface area contributed by atoms with Crippen molar-refractivity contribution in [2.45, 2.75) is 13.8 Å². The van der Waals surface area contributed by atoms with E-state index in [2.05, 4.69) is 24.1 Å². The smallest absolute Gasteiger partial charge is 0.253 e. The quantitative estimate of drug-likeness (QED) is 0.725. The van der Waals surface area contributed by atoms with Crippen molar-refractivity contribution in [1.82, 2.24) is 10.3 Å². The van der Waals surface area contributed by atoms with Gasteiger partial charge in [-0.2, -0.15) is 0 Å².